The molecule has 0 bridgehead atoms. The molecule has 0 amide bonds. The first-order valence-electron chi connectivity index (χ1n) is 9.04. The molecule has 1 aromatic carbocycles. The van der Waals surface area contributed by atoms with E-state index in [9.17, 15) is 13.2 Å². The van der Waals surface area contributed by atoms with Crippen molar-refractivity contribution in [3.63, 3.8) is 0 Å². The fourth-order valence-corrected chi connectivity index (χ4v) is 4.56. The summed E-state index contributed by atoms with van der Waals surface area (Å²) in [5.74, 6) is 0. The molecule has 6 heteroatoms. The van der Waals surface area contributed by atoms with Crippen LogP contribution in [0.4, 0.5) is 0 Å². The van der Waals surface area contributed by atoms with Crippen molar-refractivity contribution in [2.24, 2.45) is 0 Å². The van der Waals surface area contributed by atoms with Crippen LogP contribution < -0.4 is 10.3 Å². The lowest BCUT2D eigenvalue weighted by atomic mass is 9.91. The monoisotopic (exact) mass is 374 g/mol. The van der Waals surface area contributed by atoms with Crippen LogP contribution in [0.25, 0.3) is 0 Å². The Balaban J connectivity index is 2.02. The van der Waals surface area contributed by atoms with Crippen LogP contribution in [-0.4, -0.2) is 25.3 Å². The van der Waals surface area contributed by atoms with Gasteiger partial charge in [-0.2, -0.15) is 0 Å². The average Bonchev–Trinajstić information content (AvgIpc) is 2.59. The average molecular weight is 375 g/mol. The third kappa shape index (κ3) is 4.07. The Kier molecular flexibility index (Phi) is 5.34. The van der Waals surface area contributed by atoms with Gasteiger partial charge in [0.2, 0.25) is 10.0 Å². The van der Waals surface area contributed by atoms with Crippen molar-refractivity contribution in [3.8, 4) is 0 Å². The summed E-state index contributed by atoms with van der Waals surface area (Å²) in [5.41, 5.74) is 3.99. The minimum absolute atomic E-state index is 0.0299. The van der Waals surface area contributed by atoms with Crippen LogP contribution in [0.15, 0.2) is 41.2 Å². The van der Waals surface area contributed by atoms with Gasteiger partial charge in [-0.25, -0.2) is 13.1 Å². The zero-order chi connectivity index (χ0) is 18.9. The second kappa shape index (κ2) is 7.37. The summed E-state index contributed by atoms with van der Waals surface area (Å²) in [6.07, 6.45) is 4.15. The molecule has 0 aliphatic carbocycles. The number of nitrogens with one attached hydrogen (secondary N) is 1. The maximum atomic E-state index is 12.8. The van der Waals surface area contributed by atoms with Gasteiger partial charge in [-0.15, -0.1) is 0 Å². The van der Waals surface area contributed by atoms with Crippen LogP contribution in [-0.2, 0) is 29.3 Å². The van der Waals surface area contributed by atoms with Gasteiger partial charge in [0.25, 0.3) is 5.56 Å². The van der Waals surface area contributed by atoms with Gasteiger partial charge in [-0.3, -0.25) is 4.79 Å². The van der Waals surface area contributed by atoms with Gasteiger partial charge in [0.1, 0.15) is 0 Å². The Morgan fingerprint density at radius 3 is 2.38 bits per heavy atom. The summed E-state index contributed by atoms with van der Waals surface area (Å²) < 4.78 is 28.2. The number of rotatable bonds is 5. The van der Waals surface area contributed by atoms with Gasteiger partial charge in [0.05, 0.1) is 12.3 Å². The highest BCUT2D eigenvalue weighted by atomic mass is 32.2. The standard InChI is InChI=1S/C20H26N2O3S/c1-4-15-6-8-16(9-7-15)13-19-18(21-26(3,24)25)12-11-17-10-5-14(2)20(23)22(17)19/h5-10,18-19,21H,4,11-13H2,1-3H3. The molecule has 2 atom stereocenters. The lowest BCUT2D eigenvalue weighted by Crippen LogP contribution is -2.48. The number of fused-ring (bicyclic) bond motifs is 1. The van der Waals surface area contributed by atoms with E-state index in [0.717, 1.165) is 17.7 Å². The molecule has 0 fully saturated rings. The van der Waals surface area contributed by atoms with Crippen LogP contribution in [0.5, 0.6) is 0 Å². The van der Waals surface area contributed by atoms with Gasteiger partial charge >= 0.3 is 0 Å². The molecule has 2 aromatic rings. The maximum absolute atomic E-state index is 12.8. The second-order valence-electron chi connectivity index (χ2n) is 7.16. The quantitative estimate of drug-likeness (QED) is 0.874. The SMILES string of the molecule is CCc1ccc(CC2C(NS(C)(=O)=O)CCc3ccc(C)c(=O)n32)cc1. The molecule has 2 heterocycles. The van der Waals surface area contributed by atoms with Crippen molar-refractivity contribution in [1.82, 2.24) is 9.29 Å². The van der Waals surface area contributed by atoms with Crippen molar-refractivity contribution in [3.05, 3.63) is 69.1 Å². The van der Waals surface area contributed by atoms with Crippen LogP contribution in [0.2, 0.25) is 0 Å². The Hall–Kier alpha value is -1.92. The van der Waals surface area contributed by atoms with Crippen molar-refractivity contribution in [1.29, 1.82) is 0 Å². The van der Waals surface area contributed by atoms with Gasteiger partial charge in [0, 0.05) is 17.3 Å². The zero-order valence-corrected chi connectivity index (χ0v) is 16.3. The predicted octanol–water partition coefficient (Wildman–Crippen LogP) is 2.37. The first-order valence-corrected chi connectivity index (χ1v) is 10.9. The van der Waals surface area contributed by atoms with Gasteiger partial charge in [-0.05, 0) is 49.8 Å². The topological polar surface area (TPSA) is 68.2 Å². The van der Waals surface area contributed by atoms with Crippen molar-refractivity contribution < 1.29 is 8.42 Å². The molecule has 5 nitrogen and oxygen atoms in total. The van der Waals surface area contributed by atoms with E-state index in [1.807, 2.05) is 12.1 Å². The summed E-state index contributed by atoms with van der Waals surface area (Å²) >= 11 is 0. The molecule has 0 saturated carbocycles. The smallest absolute Gasteiger partial charge is 0.253 e. The van der Waals surface area contributed by atoms with E-state index in [4.69, 9.17) is 0 Å². The number of nitrogens with zero attached hydrogens (tertiary/aromatic N) is 1. The van der Waals surface area contributed by atoms with Crippen LogP contribution in [0.1, 0.15) is 41.8 Å². The van der Waals surface area contributed by atoms with E-state index in [0.29, 0.717) is 24.8 Å². The zero-order valence-electron chi connectivity index (χ0n) is 15.5. The summed E-state index contributed by atoms with van der Waals surface area (Å²) in [7, 11) is -3.35. The predicted molar refractivity (Wildman–Crippen MR) is 104 cm³/mol. The van der Waals surface area contributed by atoms with Crippen molar-refractivity contribution in [2.45, 2.75) is 51.6 Å². The van der Waals surface area contributed by atoms with E-state index in [1.165, 1.54) is 11.8 Å². The normalized spacial score (nSPS) is 20.0. The summed E-state index contributed by atoms with van der Waals surface area (Å²) in [6.45, 7) is 3.91. The molecule has 1 aliphatic rings. The Morgan fingerprint density at radius 2 is 1.77 bits per heavy atom. The number of pyridine rings is 1. The lowest BCUT2D eigenvalue weighted by molar-refractivity contribution is 0.315. The Labute approximate surface area is 155 Å². The minimum atomic E-state index is -3.35. The molecule has 1 aromatic heterocycles. The van der Waals surface area contributed by atoms with E-state index in [2.05, 4.69) is 35.9 Å². The third-order valence-corrected chi connectivity index (χ3v) is 5.87. The molecule has 1 aliphatic heterocycles. The lowest BCUT2D eigenvalue weighted by Gasteiger charge is -2.35. The van der Waals surface area contributed by atoms with Gasteiger partial charge in [0.15, 0.2) is 0 Å². The molecule has 0 spiro atoms. The van der Waals surface area contributed by atoms with E-state index in [-0.39, 0.29) is 17.6 Å². The second-order valence-corrected chi connectivity index (χ2v) is 8.94. The highest BCUT2D eigenvalue weighted by molar-refractivity contribution is 7.88. The largest absolute Gasteiger partial charge is 0.307 e. The molecule has 0 radical (unpaired) electrons. The molecule has 0 saturated heterocycles. The van der Waals surface area contributed by atoms with Crippen LogP contribution >= 0.6 is 0 Å². The molecular formula is C20H26N2O3S. The van der Waals surface area contributed by atoms with E-state index in [1.54, 1.807) is 11.5 Å². The van der Waals surface area contributed by atoms with Crippen molar-refractivity contribution >= 4 is 10.0 Å². The molecule has 1 N–H and O–H groups in total. The Bertz CT molecular complexity index is 946. The highest BCUT2D eigenvalue weighted by Gasteiger charge is 2.32. The maximum Gasteiger partial charge on any atom is 0.253 e. The number of benzene rings is 1. The molecule has 26 heavy (non-hydrogen) atoms. The first kappa shape index (κ1) is 18.9. The number of hydrogen-bond donors (Lipinski definition) is 1. The Morgan fingerprint density at radius 1 is 1.12 bits per heavy atom. The number of hydrogen-bond acceptors (Lipinski definition) is 3. The fourth-order valence-electron chi connectivity index (χ4n) is 3.73. The van der Waals surface area contributed by atoms with Gasteiger partial charge in [-0.1, -0.05) is 37.3 Å². The van der Waals surface area contributed by atoms with Crippen LogP contribution in [0, 0.1) is 6.92 Å². The molecule has 3 rings (SSSR count). The van der Waals surface area contributed by atoms with E-state index >= 15 is 0 Å². The molecule has 2 unspecified atom stereocenters. The number of aromatic nitrogens is 1. The molecular weight excluding hydrogens is 348 g/mol. The van der Waals surface area contributed by atoms with Crippen LogP contribution in [0.3, 0.4) is 0 Å². The van der Waals surface area contributed by atoms with E-state index < -0.39 is 10.0 Å². The summed E-state index contributed by atoms with van der Waals surface area (Å²) in [5, 5.41) is 0. The van der Waals surface area contributed by atoms with Crippen molar-refractivity contribution in [2.75, 3.05) is 6.26 Å². The number of aryl methyl sites for hydroxylation is 3. The minimum Gasteiger partial charge on any atom is -0.307 e. The fraction of sp³-hybridized carbons (Fsp3) is 0.450. The van der Waals surface area contributed by atoms with Gasteiger partial charge < -0.3 is 4.57 Å². The number of sulfonamides is 1. The first-order chi connectivity index (χ1) is 12.3. The summed E-state index contributed by atoms with van der Waals surface area (Å²) in [6, 6.07) is 11.7. The molecule has 140 valence electrons. The third-order valence-electron chi connectivity index (χ3n) is 5.14. The highest BCUT2D eigenvalue weighted by Crippen LogP contribution is 2.28. The summed E-state index contributed by atoms with van der Waals surface area (Å²) in [4.78, 5) is 12.8.